The van der Waals surface area contributed by atoms with Gasteiger partial charge in [-0.2, -0.15) is 0 Å². The SMILES string of the molecule is COC(=O)C(CN(C)C(C)C(C)C)(NC(C)C)C1CC1. The zero-order chi connectivity index (χ0) is 15.5. The third-order valence-electron chi connectivity index (χ3n) is 4.53. The molecule has 0 radical (unpaired) electrons. The van der Waals surface area contributed by atoms with E-state index < -0.39 is 5.54 Å². The summed E-state index contributed by atoms with van der Waals surface area (Å²) in [5.41, 5.74) is -0.555. The van der Waals surface area contributed by atoms with Crippen LogP contribution in [0.1, 0.15) is 47.5 Å². The van der Waals surface area contributed by atoms with E-state index in [-0.39, 0.29) is 12.0 Å². The standard InChI is InChI=1S/C16H32N2O2/c1-11(2)13(5)18(6)10-16(14-8-9-14,15(19)20-7)17-12(3)4/h11-14,17H,8-10H2,1-7H3. The number of carbonyl (C=O) groups excluding carboxylic acids is 1. The van der Waals surface area contributed by atoms with E-state index in [9.17, 15) is 4.79 Å². The fourth-order valence-electron chi connectivity index (χ4n) is 2.90. The Hall–Kier alpha value is -0.610. The number of ether oxygens (including phenoxy) is 1. The lowest BCUT2D eigenvalue weighted by atomic mass is 9.90. The lowest BCUT2D eigenvalue weighted by Gasteiger charge is -2.40. The van der Waals surface area contributed by atoms with Crippen LogP contribution in [0.25, 0.3) is 0 Å². The minimum Gasteiger partial charge on any atom is -0.468 e. The molecule has 0 heterocycles. The van der Waals surface area contributed by atoms with E-state index in [1.165, 1.54) is 7.11 Å². The van der Waals surface area contributed by atoms with E-state index in [1.54, 1.807) is 0 Å². The van der Waals surface area contributed by atoms with Crippen LogP contribution in [0.5, 0.6) is 0 Å². The minimum absolute atomic E-state index is 0.114. The van der Waals surface area contributed by atoms with Gasteiger partial charge in [0.05, 0.1) is 7.11 Å². The Kier molecular flexibility index (Phi) is 6.02. The maximum atomic E-state index is 12.5. The first kappa shape index (κ1) is 17.4. The molecule has 0 aliphatic heterocycles. The molecule has 0 aromatic rings. The van der Waals surface area contributed by atoms with Gasteiger partial charge < -0.3 is 9.64 Å². The molecule has 4 nitrogen and oxygen atoms in total. The zero-order valence-electron chi connectivity index (χ0n) is 14.2. The van der Waals surface area contributed by atoms with Gasteiger partial charge >= 0.3 is 5.97 Å². The van der Waals surface area contributed by atoms with Gasteiger partial charge in [-0.05, 0) is 52.5 Å². The molecule has 118 valence electrons. The van der Waals surface area contributed by atoms with Crippen molar-refractivity contribution in [2.45, 2.75) is 65.1 Å². The van der Waals surface area contributed by atoms with Crippen LogP contribution < -0.4 is 5.32 Å². The summed E-state index contributed by atoms with van der Waals surface area (Å²) < 4.78 is 5.13. The van der Waals surface area contributed by atoms with E-state index in [2.05, 4.69) is 51.9 Å². The fourth-order valence-corrected chi connectivity index (χ4v) is 2.90. The van der Waals surface area contributed by atoms with Crippen molar-refractivity contribution in [3.63, 3.8) is 0 Å². The third kappa shape index (κ3) is 3.95. The maximum Gasteiger partial charge on any atom is 0.327 e. The Bertz CT molecular complexity index is 326. The van der Waals surface area contributed by atoms with Gasteiger partial charge in [0.1, 0.15) is 5.54 Å². The summed E-state index contributed by atoms with van der Waals surface area (Å²) in [6.45, 7) is 11.5. The molecule has 1 N–H and O–H groups in total. The van der Waals surface area contributed by atoms with Gasteiger partial charge in [-0.15, -0.1) is 0 Å². The van der Waals surface area contributed by atoms with E-state index in [0.717, 1.165) is 12.8 Å². The molecule has 0 bridgehead atoms. The van der Waals surface area contributed by atoms with Crippen LogP contribution in [-0.2, 0) is 9.53 Å². The lowest BCUT2D eigenvalue weighted by molar-refractivity contribution is -0.151. The van der Waals surface area contributed by atoms with Crippen LogP contribution in [-0.4, -0.2) is 49.2 Å². The van der Waals surface area contributed by atoms with Crippen molar-refractivity contribution in [1.29, 1.82) is 0 Å². The van der Waals surface area contributed by atoms with Gasteiger partial charge in [-0.3, -0.25) is 5.32 Å². The predicted octanol–water partition coefficient (Wildman–Crippen LogP) is 2.28. The number of carbonyl (C=O) groups is 1. The number of rotatable bonds is 8. The van der Waals surface area contributed by atoms with E-state index in [1.807, 2.05) is 0 Å². The average Bonchev–Trinajstić information content (AvgIpc) is 3.19. The van der Waals surface area contributed by atoms with Gasteiger partial charge in [0.25, 0.3) is 0 Å². The first-order valence-electron chi connectivity index (χ1n) is 7.81. The topological polar surface area (TPSA) is 41.6 Å². The second-order valence-corrected chi connectivity index (χ2v) is 6.94. The Morgan fingerprint density at radius 3 is 2.20 bits per heavy atom. The highest BCUT2D eigenvalue weighted by Crippen LogP contribution is 2.41. The molecule has 0 spiro atoms. The van der Waals surface area contributed by atoms with Crippen molar-refractivity contribution in [3.8, 4) is 0 Å². The number of hydrogen-bond donors (Lipinski definition) is 1. The Labute approximate surface area is 124 Å². The number of esters is 1. The average molecular weight is 284 g/mol. The molecule has 1 rings (SSSR count). The second-order valence-electron chi connectivity index (χ2n) is 6.94. The summed E-state index contributed by atoms with van der Waals surface area (Å²) in [4.78, 5) is 14.8. The third-order valence-corrected chi connectivity index (χ3v) is 4.53. The van der Waals surface area contributed by atoms with Gasteiger partial charge in [0.2, 0.25) is 0 Å². The van der Waals surface area contributed by atoms with Crippen LogP contribution in [0.3, 0.4) is 0 Å². The van der Waals surface area contributed by atoms with Gasteiger partial charge in [0, 0.05) is 18.6 Å². The molecule has 1 aliphatic carbocycles. The summed E-state index contributed by atoms with van der Waals surface area (Å²) in [6.07, 6.45) is 2.22. The maximum absolute atomic E-state index is 12.5. The zero-order valence-corrected chi connectivity index (χ0v) is 14.2. The lowest BCUT2D eigenvalue weighted by Crippen LogP contribution is -2.63. The predicted molar refractivity (Wildman–Crippen MR) is 82.7 cm³/mol. The van der Waals surface area contributed by atoms with Crippen LogP contribution in [0, 0.1) is 11.8 Å². The van der Waals surface area contributed by atoms with Crippen LogP contribution >= 0.6 is 0 Å². The first-order valence-corrected chi connectivity index (χ1v) is 7.81. The quantitative estimate of drug-likeness (QED) is 0.694. The minimum atomic E-state index is -0.555. The van der Waals surface area contributed by atoms with Crippen molar-refractivity contribution < 1.29 is 9.53 Å². The smallest absolute Gasteiger partial charge is 0.327 e. The summed E-state index contributed by atoms with van der Waals surface area (Å²) in [7, 11) is 3.60. The van der Waals surface area contributed by atoms with Crippen molar-refractivity contribution in [1.82, 2.24) is 10.2 Å². The van der Waals surface area contributed by atoms with Gasteiger partial charge in [-0.25, -0.2) is 4.79 Å². The molecule has 1 fully saturated rings. The molecule has 0 amide bonds. The number of methoxy groups -OCH3 is 1. The van der Waals surface area contributed by atoms with Gasteiger partial charge in [0.15, 0.2) is 0 Å². The van der Waals surface area contributed by atoms with Crippen molar-refractivity contribution in [2.75, 3.05) is 20.7 Å². The molecular formula is C16H32N2O2. The molecule has 4 heteroatoms. The summed E-state index contributed by atoms with van der Waals surface area (Å²) in [5, 5.41) is 3.51. The molecular weight excluding hydrogens is 252 g/mol. The van der Waals surface area contributed by atoms with Crippen molar-refractivity contribution in [2.24, 2.45) is 11.8 Å². The van der Waals surface area contributed by atoms with Crippen LogP contribution in [0.15, 0.2) is 0 Å². The number of nitrogens with one attached hydrogen (secondary N) is 1. The largest absolute Gasteiger partial charge is 0.468 e. The van der Waals surface area contributed by atoms with Gasteiger partial charge in [-0.1, -0.05) is 13.8 Å². The van der Waals surface area contributed by atoms with E-state index in [4.69, 9.17) is 4.74 Å². The highest BCUT2D eigenvalue weighted by atomic mass is 16.5. The summed E-state index contributed by atoms with van der Waals surface area (Å²) in [5.74, 6) is 0.851. The Balaban J connectivity index is 2.94. The van der Waals surface area contributed by atoms with E-state index in [0.29, 0.717) is 24.4 Å². The second kappa shape index (κ2) is 6.90. The molecule has 0 aromatic carbocycles. The fraction of sp³-hybridized carbons (Fsp3) is 0.938. The highest BCUT2D eigenvalue weighted by Gasteiger charge is 2.52. The molecule has 0 saturated heterocycles. The number of hydrogen-bond acceptors (Lipinski definition) is 4. The molecule has 0 aromatic heterocycles. The van der Waals surface area contributed by atoms with Crippen molar-refractivity contribution >= 4 is 5.97 Å². The normalized spacial score (nSPS) is 20.3. The Morgan fingerprint density at radius 2 is 1.85 bits per heavy atom. The first-order chi connectivity index (χ1) is 9.24. The summed E-state index contributed by atoms with van der Waals surface area (Å²) in [6, 6.07) is 0.698. The monoisotopic (exact) mass is 284 g/mol. The van der Waals surface area contributed by atoms with Crippen molar-refractivity contribution in [3.05, 3.63) is 0 Å². The number of likely N-dealkylation sites (N-methyl/N-ethyl adjacent to an activating group) is 1. The molecule has 2 atom stereocenters. The van der Waals surface area contributed by atoms with E-state index >= 15 is 0 Å². The van der Waals surface area contributed by atoms with Crippen LogP contribution in [0.2, 0.25) is 0 Å². The molecule has 1 saturated carbocycles. The highest BCUT2D eigenvalue weighted by molar-refractivity contribution is 5.82. The molecule has 2 unspecified atom stereocenters. The Morgan fingerprint density at radius 1 is 1.30 bits per heavy atom. The molecule has 20 heavy (non-hydrogen) atoms. The van der Waals surface area contributed by atoms with Crippen LogP contribution in [0.4, 0.5) is 0 Å². The summed E-state index contributed by atoms with van der Waals surface area (Å²) >= 11 is 0. The molecule has 1 aliphatic rings. The number of nitrogens with zero attached hydrogens (tertiary/aromatic N) is 1.